The summed E-state index contributed by atoms with van der Waals surface area (Å²) in [4.78, 5) is 21.3. The van der Waals surface area contributed by atoms with Crippen molar-refractivity contribution in [1.82, 2.24) is 15.3 Å². The van der Waals surface area contributed by atoms with E-state index >= 15 is 0 Å². The highest BCUT2D eigenvalue weighted by molar-refractivity contribution is 5.94. The largest absolute Gasteiger partial charge is 0.383 e. The van der Waals surface area contributed by atoms with Gasteiger partial charge in [0.05, 0.1) is 18.2 Å². The van der Waals surface area contributed by atoms with Gasteiger partial charge < -0.3 is 15.4 Å². The molecule has 0 unspecified atom stereocenters. The Morgan fingerprint density at radius 1 is 1.46 bits per heavy atom. The molecule has 3 rings (SSSR count). The molecule has 1 atom stereocenters. The van der Waals surface area contributed by atoms with E-state index in [0.29, 0.717) is 36.6 Å². The molecule has 1 amide bonds. The van der Waals surface area contributed by atoms with Crippen LogP contribution in [0.25, 0.3) is 0 Å². The van der Waals surface area contributed by atoms with E-state index in [2.05, 4.69) is 26.7 Å². The Labute approximate surface area is 152 Å². The summed E-state index contributed by atoms with van der Waals surface area (Å²) in [5.41, 5.74) is 3.07. The zero-order valence-corrected chi connectivity index (χ0v) is 14.7. The van der Waals surface area contributed by atoms with Gasteiger partial charge in [-0.15, -0.1) is 0 Å². The van der Waals surface area contributed by atoms with Crippen molar-refractivity contribution in [3.8, 4) is 6.07 Å². The highest BCUT2D eigenvalue weighted by Crippen LogP contribution is 2.20. The lowest BCUT2D eigenvalue weighted by atomic mass is 9.92. The molecule has 1 aromatic heterocycles. The highest BCUT2D eigenvalue weighted by Gasteiger charge is 2.22. The number of carbonyl (C=O) groups is 1. The normalized spacial score (nSPS) is 15.6. The molecular weight excluding hydrogens is 330 g/mol. The number of nitriles is 1. The minimum Gasteiger partial charge on any atom is -0.383 e. The number of nitrogens with zero attached hydrogens (tertiary/aromatic N) is 3. The Kier molecular flexibility index (Phi) is 5.77. The summed E-state index contributed by atoms with van der Waals surface area (Å²) in [6, 6.07) is 8.81. The van der Waals surface area contributed by atoms with Crippen LogP contribution in [0.3, 0.4) is 0 Å². The van der Waals surface area contributed by atoms with E-state index < -0.39 is 0 Å². The maximum absolute atomic E-state index is 12.4. The molecule has 2 aromatic rings. The van der Waals surface area contributed by atoms with Gasteiger partial charge in [-0.1, -0.05) is 6.07 Å². The number of carbonyl (C=O) groups excluding carboxylic acids is 1. The van der Waals surface area contributed by atoms with Crippen molar-refractivity contribution in [2.24, 2.45) is 0 Å². The number of ether oxygens (including phenoxy) is 1. The van der Waals surface area contributed by atoms with Gasteiger partial charge in [-0.2, -0.15) is 5.26 Å². The molecule has 1 aliphatic carbocycles. The van der Waals surface area contributed by atoms with Gasteiger partial charge in [-0.05, 0) is 43.0 Å². The van der Waals surface area contributed by atoms with Crippen LogP contribution in [0.4, 0.5) is 5.95 Å². The molecule has 1 aliphatic rings. The number of nitrogens with one attached hydrogen (secondary N) is 2. The molecule has 1 aromatic carbocycles. The molecule has 0 radical (unpaired) electrons. The van der Waals surface area contributed by atoms with Crippen LogP contribution in [-0.2, 0) is 17.6 Å². The van der Waals surface area contributed by atoms with Crippen LogP contribution in [0, 0.1) is 11.3 Å². The van der Waals surface area contributed by atoms with E-state index in [1.54, 1.807) is 31.4 Å². The summed E-state index contributed by atoms with van der Waals surface area (Å²) in [6.45, 7) is 1.26. The van der Waals surface area contributed by atoms with Crippen molar-refractivity contribution in [1.29, 1.82) is 5.26 Å². The smallest absolute Gasteiger partial charge is 0.251 e. The fourth-order valence-electron chi connectivity index (χ4n) is 2.98. The second kappa shape index (κ2) is 8.41. The number of benzene rings is 1. The van der Waals surface area contributed by atoms with Gasteiger partial charge in [0.1, 0.15) is 0 Å². The third-order valence-electron chi connectivity index (χ3n) is 4.33. The van der Waals surface area contributed by atoms with E-state index in [1.165, 1.54) is 0 Å². The van der Waals surface area contributed by atoms with Crippen LogP contribution in [0.15, 0.2) is 30.5 Å². The fourth-order valence-corrected chi connectivity index (χ4v) is 2.98. The topological polar surface area (TPSA) is 99.9 Å². The van der Waals surface area contributed by atoms with Crippen molar-refractivity contribution >= 4 is 11.9 Å². The van der Waals surface area contributed by atoms with Crippen molar-refractivity contribution in [3.05, 3.63) is 52.8 Å². The Morgan fingerprint density at radius 2 is 2.35 bits per heavy atom. The molecule has 134 valence electrons. The van der Waals surface area contributed by atoms with Gasteiger partial charge in [0.25, 0.3) is 5.91 Å². The number of anilines is 1. The maximum atomic E-state index is 12.4. The molecule has 0 fully saturated rings. The molecule has 0 saturated carbocycles. The lowest BCUT2D eigenvalue weighted by Gasteiger charge is -2.25. The Bertz CT molecular complexity index is 831. The number of rotatable bonds is 6. The Hall–Kier alpha value is -2.98. The molecular formula is C19H21N5O2. The van der Waals surface area contributed by atoms with Gasteiger partial charge in [-0.3, -0.25) is 4.79 Å². The summed E-state index contributed by atoms with van der Waals surface area (Å²) < 4.78 is 5.00. The zero-order chi connectivity index (χ0) is 18.4. The molecule has 2 N–H and O–H groups in total. The average molecular weight is 351 g/mol. The first kappa shape index (κ1) is 17.8. The predicted octanol–water partition coefficient (Wildman–Crippen LogP) is 1.69. The van der Waals surface area contributed by atoms with Crippen LogP contribution in [0.1, 0.15) is 33.6 Å². The quantitative estimate of drug-likeness (QED) is 0.768. The lowest BCUT2D eigenvalue weighted by Crippen LogP contribution is -2.39. The maximum Gasteiger partial charge on any atom is 0.251 e. The van der Waals surface area contributed by atoms with Gasteiger partial charge in [-0.25, -0.2) is 9.97 Å². The van der Waals surface area contributed by atoms with Crippen molar-refractivity contribution < 1.29 is 9.53 Å². The SMILES string of the molecule is COCCNc1ncc2c(n1)CC[C@H](NC(=O)c1cccc(C#N)c1)C2. The van der Waals surface area contributed by atoms with Crippen molar-refractivity contribution in [2.45, 2.75) is 25.3 Å². The number of aromatic nitrogens is 2. The van der Waals surface area contributed by atoms with Crippen molar-refractivity contribution in [3.63, 3.8) is 0 Å². The van der Waals surface area contributed by atoms with Crippen LogP contribution >= 0.6 is 0 Å². The molecule has 0 bridgehead atoms. The first-order chi connectivity index (χ1) is 12.7. The van der Waals surface area contributed by atoms with E-state index in [9.17, 15) is 4.79 Å². The number of methoxy groups -OCH3 is 1. The number of aryl methyl sites for hydroxylation is 1. The number of amides is 1. The van der Waals surface area contributed by atoms with E-state index in [-0.39, 0.29) is 11.9 Å². The average Bonchev–Trinajstić information content (AvgIpc) is 2.68. The van der Waals surface area contributed by atoms with Gasteiger partial charge in [0.2, 0.25) is 5.95 Å². The van der Waals surface area contributed by atoms with Crippen LogP contribution < -0.4 is 10.6 Å². The van der Waals surface area contributed by atoms with Crippen LogP contribution in [0.2, 0.25) is 0 Å². The third kappa shape index (κ3) is 4.35. The molecule has 1 heterocycles. The monoisotopic (exact) mass is 351 g/mol. The highest BCUT2D eigenvalue weighted by atomic mass is 16.5. The molecule has 0 saturated heterocycles. The van der Waals surface area contributed by atoms with Crippen molar-refractivity contribution in [2.75, 3.05) is 25.6 Å². The summed E-state index contributed by atoms with van der Waals surface area (Å²) >= 11 is 0. The molecule has 26 heavy (non-hydrogen) atoms. The van der Waals surface area contributed by atoms with E-state index in [4.69, 9.17) is 10.00 Å². The second-order valence-corrected chi connectivity index (χ2v) is 6.19. The standard InChI is InChI=1S/C19H21N5O2/c1-26-8-7-21-19-22-12-15-10-16(5-6-17(15)24-19)23-18(25)14-4-2-3-13(9-14)11-20/h2-4,9,12,16H,5-8,10H2,1H3,(H,23,25)(H,21,22,24)/t16-/m0/s1. The molecule has 7 nitrogen and oxygen atoms in total. The summed E-state index contributed by atoms with van der Waals surface area (Å²) in [7, 11) is 1.65. The van der Waals surface area contributed by atoms with Gasteiger partial charge >= 0.3 is 0 Å². The molecule has 0 spiro atoms. The van der Waals surface area contributed by atoms with Crippen LogP contribution in [0.5, 0.6) is 0 Å². The summed E-state index contributed by atoms with van der Waals surface area (Å²) in [5, 5.41) is 15.1. The minimum atomic E-state index is -0.158. The Balaban J connectivity index is 1.61. The second-order valence-electron chi connectivity index (χ2n) is 6.19. The van der Waals surface area contributed by atoms with E-state index in [1.807, 2.05) is 6.20 Å². The molecule has 0 aliphatic heterocycles. The number of hydrogen-bond acceptors (Lipinski definition) is 6. The van der Waals surface area contributed by atoms with Crippen LogP contribution in [-0.4, -0.2) is 42.2 Å². The Morgan fingerprint density at radius 3 is 3.15 bits per heavy atom. The number of hydrogen-bond donors (Lipinski definition) is 2. The van der Waals surface area contributed by atoms with Gasteiger partial charge in [0.15, 0.2) is 0 Å². The van der Waals surface area contributed by atoms with Gasteiger partial charge in [0, 0.05) is 37.2 Å². The summed E-state index contributed by atoms with van der Waals surface area (Å²) in [6.07, 6.45) is 4.15. The molecule has 7 heteroatoms. The fraction of sp³-hybridized carbons (Fsp3) is 0.368. The number of fused-ring (bicyclic) bond motifs is 1. The predicted molar refractivity (Wildman–Crippen MR) is 96.8 cm³/mol. The first-order valence-electron chi connectivity index (χ1n) is 8.58. The zero-order valence-electron chi connectivity index (χ0n) is 14.7. The minimum absolute atomic E-state index is 0.0386. The first-order valence-corrected chi connectivity index (χ1v) is 8.58. The van der Waals surface area contributed by atoms with E-state index in [0.717, 1.165) is 24.1 Å². The lowest BCUT2D eigenvalue weighted by molar-refractivity contribution is 0.0933. The third-order valence-corrected chi connectivity index (χ3v) is 4.33. The summed E-state index contributed by atoms with van der Waals surface area (Å²) in [5.74, 6) is 0.450.